The molecule has 2 atom stereocenters. The van der Waals surface area contributed by atoms with Crippen LogP contribution in [0.1, 0.15) is 50.2 Å². The van der Waals surface area contributed by atoms with Crippen molar-refractivity contribution in [2.45, 2.75) is 50.7 Å². The lowest BCUT2D eigenvalue weighted by atomic mass is 9.98. The Morgan fingerprint density at radius 3 is 2.18 bits per heavy atom. The van der Waals surface area contributed by atoms with Crippen LogP contribution < -0.4 is 10.6 Å². The first-order valence-electron chi connectivity index (χ1n) is 11.1. The quantitative estimate of drug-likeness (QED) is 0.437. The molecule has 0 aromatic heterocycles. The predicted molar refractivity (Wildman–Crippen MR) is 123 cm³/mol. The second-order valence-corrected chi connectivity index (χ2v) is 8.46. The molecule has 0 heterocycles. The standard InChI is InChI=1S/C25H30N2O6/c1-3-4-13-21(22(28)26-15-25(2,32)23(29)30)27-24(31)33-14-20-18-11-7-5-9-16(18)17-10-6-8-12-19(17)20/h5-12,20-21,32H,3-4,13-15H2,1-2H3,(H,26,28)(H,27,31)(H,29,30). The number of amides is 2. The first kappa shape index (κ1) is 24.3. The molecular formula is C25H30N2O6. The van der Waals surface area contributed by atoms with E-state index >= 15 is 0 Å². The fourth-order valence-corrected chi connectivity index (χ4v) is 3.92. The minimum atomic E-state index is -2.10. The third kappa shape index (κ3) is 5.70. The molecule has 2 aromatic carbocycles. The van der Waals surface area contributed by atoms with E-state index in [1.54, 1.807) is 0 Å². The molecule has 1 aliphatic rings. The number of carboxylic acids is 1. The Labute approximate surface area is 193 Å². The lowest BCUT2D eigenvalue weighted by Crippen LogP contribution is -2.52. The molecule has 0 radical (unpaired) electrons. The van der Waals surface area contributed by atoms with Crippen molar-refractivity contribution >= 4 is 18.0 Å². The highest BCUT2D eigenvalue weighted by Gasteiger charge is 2.32. The van der Waals surface area contributed by atoms with Crippen LogP contribution in [-0.4, -0.2) is 53.0 Å². The maximum absolute atomic E-state index is 12.6. The summed E-state index contributed by atoms with van der Waals surface area (Å²) in [5.74, 6) is -2.12. The Kier molecular flexibility index (Phi) is 7.71. The van der Waals surface area contributed by atoms with Gasteiger partial charge in [0.2, 0.25) is 5.91 Å². The van der Waals surface area contributed by atoms with Crippen LogP contribution in [0.15, 0.2) is 48.5 Å². The maximum Gasteiger partial charge on any atom is 0.407 e. The van der Waals surface area contributed by atoms with Gasteiger partial charge in [-0.05, 0) is 35.6 Å². The summed E-state index contributed by atoms with van der Waals surface area (Å²) in [5.41, 5.74) is 2.31. The van der Waals surface area contributed by atoms with Crippen LogP contribution in [0, 0.1) is 0 Å². The number of ether oxygens (including phenoxy) is 1. The van der Waals surface area contributed by atoms with Gasteiger partial charge in [-0.2, -0.15) is 0 Å². The van der Waals surface area contributed by atoms with E-state index in [1.807, 2.05) is 55.5 Å². The normalized spacial score (nSPS) is 15.0. The fourth-order valence-electron chi connectivity index (χ4n) is 3.92. The highest BCUT2D eigenvalue weighted by molar-refractivity contribution is 5.86. The van der Waals surface area contributed by atoms with Gasteiger partial charge in [0.05, 0.1) is 6.54 Å². The lowest BCUT2D eigenvalue weighted by molar-refractivity contribution is -0.156. The van der Waals surface area contributed by atoms with Crippen molar-refractivity contribution < 1.29 is 29.3 Å². The molecule has 4 N–H and O–H groups in total. The van der Waals surface area contributed by atoms with E-state index in [9.17, 15) is 19.5 Å². The molecule has 8 nitrogen and oxygen atoms in total. The Bertz CT molecular complexity index is 974. The minimum Gasteiger partial charge on any atom is -0.479 e. The van der Waals surface area contributed by atoms with Crippen molar-refractivity contribution in [3.8, 4) is 11.1 Å². The largest absolute Gasteiger partial charge is 0.479 e. The second-order valence-electron chi connectivity index (χ2n) is 8.46. The van der Waals surface area contributed by atoms with Gasteiger partial charge in [0.25, 0.3) is 0 Å². The number of aliphatic hydroxyl groups is 1. The van der Waals surface area contributed by atoms with Crippen LogP contribution in [0.4, 0.5) is 4.79 Å². The molecule has 0 fully saturated rings. The summed E-state index contributed by atoms with van der Waals surface area (Å²) >= 11 is 0. The van der Waals surface area contributed by atoms with E-state index in [0.29, 0.717) is 12.8 Å². The molecule has 0 saturated carbocycles. The number of carboxylic acid groups (broad SMARTS) is 1. The average molecular weight is 455 g/mol. The number of rotatable bonds is 10. The average Bonchev–Trinajstić information content (AvgIpc) is 3.12. The van der Waals surface area contributed by atoms with Crippen molar-refractivity contribution in [1.82, 2.24) is 10.6 Å². The van der Waals surface area contributed by atoms with E-state index in [0.717, 1.165) is 35.6 Å². The molecule has 0 aliphatic heterocycles. The summed E-state index contributed by atoms with van der Waals surface area (Å²) < 4.78 is 5.51. The molecule has 8 heteroatoms. The monoisotopic (exact) mass is 454 g/mol. The fraction of sp³-hybridized carbons (Fsp3) is 0.400. The Hall–Kier alpha value is -3.39. The summed E-state index contributed by atoms with van der Waals surface area (Å²) in [6.07, 6.45) is 1.13. The van der Waals surface area contributed by atoms with Crippen molar-refractivity contribution in [2.75, 3.05) is 13.2 Å². The molecule has 2 aromatic rings. The SMILES string of the molecule is CCCCC(NC(=O)OCC1c2ccccc2-c2ccccc21)C(=O)NCC(C)(O)C(=O)O. The molecule has 0 bridgehead atoms. The number of fused-ring (bicyclic) bond motifs is 3. The van der Waals surface area contributed by atoms with Gasteiger partial charge in [0.15, 0.2) is 5.60 Å². The Balaban J connectivity index is 1.63. The van der Waals surface area contributed by atoms with Gasteiger partial charge in [-0.3, -0.25) is 4.79 Å². The van der Waals surface area contributed by atoms with Crippen molar-refractivity contribution in [1.29, 1.82) is 0 Å². The number of aliphatic carboxylic acids is 1. The zero-order valence-corrected chi connectivity index (χ0v) is 18.8. The van der Waals surface area contributed by atoms with Gasteiger partial charge in [-0.25, -0.2) is 9.59 Å². The molecule has 2 unspecified atom stereocenters. The smallest absolute Gasteiger partial charge is 0.407 e. The minimum absolute atomic E-state index is 0.100. The molecule has 1 aliphatic carbocycles. The number of hydrogen-bond donors (Lipinski definition) is 4. The molecule has 33 heavy (non-hydrogen) atoms. The highest BCUT2D eigenvalue weighted by atomic mass is 16.5. The molecular weight excluding hydrogens is 424 g/mol. The van der Waals surface area contributed by atoms with E-state index in [2.05, 4.69) is 10.6 Å². The van der Waals surface area contributed by atoms with Gasteiger partial charge >= 0.3 is 12.1 Å². The zero-order chi connectivity index (χ0) is 24.0. The van der Waals surface area contributed by atoms with Crippen LogP contribution in [0.5, 0.6) is 0 Å². The molecule has 3 rings (SSSR count). The number of hydrogen-bond acceptors (Lipinski definition) is 5. The zero-order valence-electron chi connectivity index (χ0n) is 18.8. The lowest BCUT2D eigenvalue weighted by Gasteiger charge is -2.22. The van der Waals surface area contributed by atoms with E-state index in [-0.39, 0.29) is 12.5 Å². The number of alkyl carbamates (subject to hydrolysis) is 1. The van der Waals surface area contributed by atoms with Crippen LogP contribution in [0.25, 0.3) is 11.1 Å². The Morgan fingerprint density at radius 1 is 1.06 bits per heavy atom. The van der Waals surface area contributed by atoms with Crippen LogP contribution in [0.2, 0.25) is 0 Å². The van der Waals surface area contributed by atoms with Gasteiger partial charge in [0, 0.05) is 5.92 Å². The number of benzene rings is 2. The summed E-state index contributed by atoms with van der Waals surface area (Å²) in [5, 5.41) is 23.8. The topological polar surface area (TPSA) is 125 Å². The molecule has 0 spiro atoms. The molecule has 0 saturated heterocycles. The summed E-state index contributed by atoms with van der Waals surface area (Å²) in [6, 6.07) is 15.1. The van der Waals surface area contributed by atoms with E-state index in [1.165, 1.54) is 0 Å². The second kappa shape index (κ2) is 10.5. The number of nitrogens with one attached hydrogen (secondary N) is 2. The van der Waals surface area contributed by atoms with E-state index in [4.69, 9.17) is 9.84 Å². The summed E-state index contributed by atoms with van der Waals surface area (Å²) in [4.78, 5) is 36.2. The van der Waals surface area contributed by atoms with Crippen LogP contribution >= 0.6 is 0 Å². The van der Waals surface area contributed by atoms with Crippen molar-refractivity contribution in [3.05, 3.63) is 59.7 Å². The van der Waals surface area contributed by atoms with Gasteiger partial charge in [-0.1, -0.05) is 68.3 Å². The number of unbranched alkanes of at least 4 members (excludes halogenated alkanes) is 1. The third-order valence-electron chi connectivity index (χ3n) is 5.87. The summed E-state index contributed by atoms with van der Waals surface area (Å²) in [7, 11) is 0. The van der Waals surface area contributed by atoms with Crippen molar-refractivity contribution in [3.63, 3.8) is 0 Å². The maximum atomic E-state index is 12.6. The molecule has 176 valence electrons. The first-order valence-corrected chi connectivity index (χ1v) is 11.1. The Morgan fingerprint density at radius 2 is 1.64 bits per heavy atom. The van der Waals surface area contributed by atoms with Crippen LogP contribution in [-0.2, 0) is 14.3 Å². The molecule has 2 amide bonds. The highest BCUT2D eigenvalue weighted by Crippen LogP contribution is 2.44. The van der Waals surface area contributed by atoms with Crippen molar-refractivity contribution in [2.24, 2.45) is 0 Å². The first-order chi connectivity index (χ1) is 15.7. The van der Waals surface area contributed by atoms with Gasteiger partial charge in [0.1, 0.15) is 12.6 Å². The summed E-state index contributed by atoms with van der Waals surface area (Å²) in [6.45, 7) is 2.69. The predicted octanol–water partition coefficient (Wildman–Crippen LogP) is 3.04. The number of carbonyl (C=O) groups is 3. The number of carbonyl (C=O) groups excluding carboxylic acids is 2. The third-order valence-corrected chi connectivity index (χ3v) is 5.87. The van der Waals surface area contributed by atoms with E-state index < -0.39 is 36.2 Å². The van der Waals surface area contributed by atoms with Gasteiger partial charge < -0.3 is 25.6 Å². The van der Waals surface area contributed by atoms with Crippen LogP contribution in [0.3, 0.4) is 0 Å². The van der Waals surface area contributed by atoms with Gasteiger partial charge in [-0.15, -0.1) is 0 Å².